The molecule has 0 saturated heterocycles. The highest BCUT2D eigenvalue weighted by Crippen LogP contribution is 2.28. The molecule has 1 aromatic carbocycles. The van der Waals surface area contributed by atoms with E-state index in [4.69, 9.17) is 9.47 Å². The lowest BCUT2D eigenvalue weighted by Gasteiger charge is -2.15. The molecule has 0 aliphatic carbocycles. The fourth-order valence-corrected chi connectivity index (χ4v) is 3.08. The minimum absolute atomic E-state index is 0.128. The Hall–Kier alpha value is -3.29. The second kappa shape index (κ2) is 6.91. The van der Waals surface area contributed by atoms with Crippen LogP contribution in [0, 0.1) is 6.92 Å². The number of ether oxygens (including phenoxy) is 2. The Kier molecular flexibility index (Phi) is 4.66. The zero-order valence-electron chi connectivity index (χ0n) is 14.6. The van der Waals surface area contributed by atoms with Crippen molar-refractivity contribution >= 4 is 16.9 Å². The molecule has 0 radical (unpaired) electrons. The lowest BCUT2D eigenvalue weighted by atomic mass is 9.89. The Morgan fingerprint density at radius 2 is 1.88 bits per heavy atom. The van der Waals surface area contributed by atoms with E-state index >= 15 is 0 Å². The first-order valence-electron chi connectivity index (χ1n) is 7.99. The van der Waals surface area contributed by atoms with E-state index in [-0.39, 0.29) is 17.5 Å². The van der Waals surface area contributed by atoms with Crippen LogP contribution in [0.15, 0.2) is 33.9 Å². The zero-order valence-corrected chi connectivity index (χ0v) is 14.6. The quantitative estimate of drug-likeness (QED) is 0.599. The van der Waals surface area contributed by atoms with E-state index in [9.17, 15) is 14.4 Å². The van der Waals surface area contributed by atoms with Crippen molar-refractivity contribution in [2.45, 2.75) is 19.3 Å². The van der Waals surface area contributed by atoms with Crippen LogP contribution in [0.25, 0.3) is 10.9 Å². The summed E-state index contributed by atoms with van der Waals surface area (Å²) in [5.74, 6) is -0.618. The molecular formula is C18H19N3O5. The molecule has 3 aromatic rings. The SMILES string of the molecule is COC(=O)CC(c1cc2cc(OC)ccc2[nH]c1=O)c1c(C)[nH][nH]c1=O. The number of carbonyl (C=O) groups excluding carboxylic acids is 1. The summed E-state index contributed by atoms with van der Waals surface area (Å²) in [6.07, 6.45) is -0.128. The molecule has 8 heteroatoms. The minimum Gasteiger partial charge on any atom is -0.497 e. The molecule has 0 aliphatic rings. The molecule has 26 heavy (non-hydrogen) atoms. The van der Waals surface area contributed by atoms with Crippen molar-refractivity contribution in [3.05, 3.63) is 61.8 Å². The van der Waals surface area contributed by atoms with Gasteiger partial charge in [0.2, 0.25) is 0 Å². The summed E-state index contributed by atoms with van der Waals surface area (Å²) in [6.45, 7) is 1.70. The molecule has 2 aromatic heterocycles. The molecule has 1 unspecified atom stereocenters. The van der Waals surface area contributed by atoms with Gasteiger partial charge in [-0.05, 0) is 31.2 Å². The molecule has 136 valence electrons. The van der Waals surface area contributed by atoms with Crippen LogP contribution in [-0.2, 0) is 9.53 Å². The number of aromatic amines is 3. The third-order valence-electron chi connectivity index (χ3n) is 4.41. The number of fused-ring (bicyclic) bond motifs is 1. The van der Waals surface area contributed by atoms with Crippen LogP contribution in [0.2, 0.25) is 0 Å². The number of esters is 1. The first-order chi connectivity index (χ1) is 12.4. The number of hydrogen-bond acceptors (Lipinski definition) is 5. The van der Waals surface area contributed by atoms with Gasteiger partial charge in [-0.2, -0.15) is 0 Å². The van der Waals surface area contributed by atoms with Crippen LogP contribution in [0.1, 0.15) is 29.2 Å². The van der Waals surface area contributed by atoms with Crippen molar-refractivity contribution in [2.75, 3.05) is 14.2 Å². The standard InChI is InChI=1S/C18H19N3O5/c1-9-16(18(24)21-20-9)12(8-15(22)26-3)13-7-10-6-11(25-2)4-5-14(10)19-17(13)23/h4-7,12H,8H2,1-3H3,(H,19,23)(H2,20,21,24). The van der Waals surface area contributed by atoms with Gasteiger partial charge in [0.05, 0.1) is 20.6 Å². The Morgan fingerprint density at radius 3 is 2.50 bits per heavy atom. The highest BCUT2D eigenvalue weighted by Gasteiger charge is 2.27. The third-order valence-corrected chi connectivity index (χ3v) is 4.41. The predicted octanol–water partition coefficient (Wildman–Crippen LogP) is 1.56. The van der Waals surface area contributed by atoms with E-state index < -0.39 is 11.9 Å². The van der Waals surface area contributed by atoms with Gasteiger partial charge >= 0.3 is 5.97 Å². The van der Waals surface area contributed by atoms with Gasteiger partial charge in [-0.3, -0.25) is 19.5 Å². The summed E-state index contributed by atoms with van der Waals surface area (Å²) in [4.78, 5) is 39.6. The summed E-state index contributed by atoms with van der Waals surface area (Å²) in [5.41, 5.74) is 1.11. The van der Waals surface area contributed by atoms with Gasteiger partial charge in [-0.15, -0.1) is 0 Å². The number of aryl methyl sites for hydroxylation is 1. The molecule has 1 atom stereocenters. The number of aromatic nitrogens is 3. The monoisotopic (exact) mass is 357 g/mol. The maximum atomic E-state index is 12.7. The Morgan fingerprint density at radius 1 is 1.12 bits per heavy atom. The van der Waals surface area contributed by atoms with Crippen LogP contribution in [0.3, 0.4) is 0 Å². The largest absolute Gasteiger partial charge is 0.497 e. The number of benzene rings is 1. The van der Waals surface area contributed by atoms with E-state index in [1.807, 2.05) is 0 Å². The second-order valence-corrected chi connectivity index (χ2v) is 5.96. The average molecular weight is 357 g/mol. The van der Waals surface area contributed by atoms with Crippen LogP contribution < -0.4 is 15.9 Å². The summed E-state index contributed by atoms with van der Waals surface area (Å²) >= 11 is 0. The number of nitrogens with one attached hydrogen (secondary N) is 3. The molecular weight excluding hydrogens is 338 g/mol. The maximum Gasteiger partial charge on any atom is 0.306 e. The topological polar surface area (TPSA) is 117 Å². The zero-order chi connectivity index (χ0) is 18.8. The fraction of sp³-hybridized carbons (Fsp3) is 0.278. The molecule has 0 amide bonds. The van der Waals surface area contributed by atoms with Crippen molar-refractivity contribution in [1.82, 2.24) is 15.2 Å². The average Bonchev–Trinajstić information content (AvgIpc) is 2.97. The third kappa shape index (κ3) is 3.13. The summed E-state index contributed by atoms with van der Waals surface area (Å²) in [7, 11) is 2.82. The highest BCUT2D eigenvalue weighted by molar-refractivity contribution is 5.81. The number of methoxy groups -OCH3 is 2. The molecule has 8 nitrogen and oxygen atoms in total. The van der Waals surface area contributed by atoms with E-state index in [2.05, 4.69) is 15.2 Å². The fourth-order valence-electron chi connectivity index (χ4n) is 3.08. The molecule has 0 fully saturated rings. The Balaban J connectivity index is 2.23. The lowest BCUT2D eigenvalue weighted by Crippen LogP contribution is -2.23. The van der Waals surface area contributed by atoms with Gasteiger partial charge in [0.15, 0.2) is 0 Å². The van der Waals surface area contributed by atoms with Gasteiger partial charge in [0, 0.05) is 33.6 Å². The number of rotatable bonds is 5. The van der Waals surface area contributed by atoms with Crippen LogP contribution >= 0.6 is 0 Å². The molecule has 3 N–H and O–H groups in total. The molecule has 0 spiro atoms. The van der Waals surface area contributed by atoms with Gasteiger partial charge in [-0.1, -0.05) is 0 Å². The highest BCUT2D eigenvalue weighted by atomic mass is 16.5. The predicted molar refractivity (Wildman–Crippen MR) is 95.7 cm³/mol. The van der Waals surface area contributed by atoms with Crippen molar-refractivity contribution < 1.29 is 14.3 Å². The normalized spacial score (nSPS) is 12.1. The maximum absolute atomic E-state index is 12.7. The number of pyridine rings is 1. The molecule has 3 rings (SSSR count). The summed E-state index contributed by atoms with van der Waals surface area (Å²) in [5, 5.41) is 5.95. The summed E-state index contributed by atoms with van der Waals surface area (Å²) in [6, 6.07) is 6.93. The van der Waals surface area contributed by atoms with Crippen molar-refractivity contribution in [2.24, 2.45) is 0 Å². The lowest BCUT2D eigenvalue weighted by molar-refractivity contribution is -0.140. The minimum atomic E-state index is -0.739. The Bertz CT molecular complexity index is 1080. The smallest absolute Gasteiger partial charge is 0.306 e. The molecule has 2 heterocycles. The van der Waals surface area contributed by atoms with E-state index in [0.29, 0.717) is 28.1 Å². The van der Waals surface area contributed by atoms with Gasteiger partial charge in [0.1, 0.15) is 5.75 Å². The van der Waals surface area contributed by atoms with E-state index in [1.165, 1.54) is 7.11 Å². The second-order valence-electron chi connectivity index (χ2n) is 5.96. The first kappa shape index (κ1) is 17.5. The van der Waals surface area contributed by atoms with Crippen LogP contribution in [-0.4, -0.2) is 35.4 Å². The van der Waals surface area contributed by atoms with Crippen molar-refractivity contribution in [1.29, 1.82) is 0 Å². The molecule has 0 aliphatic heterocycles. The van der Waals surface area contributed by atoms with Gasteiger partial charge in [0.25, 0.3) is 11.1 Å². The van der Waals surface area contributed by atoms with Crippen LogP contribution in [0.5, 0.6) is 5.75 Å². The molecule has 0 saturated carbocycles. The number of carbonyl (C=O) groups is 1. The summed E-state index contributed by atoms with van der Waals surface area (Å²) < 4.78 is 9.97. The first-order valence-corrected chi connectivity index (χ1v) is 7.99. The number of hydrogen-bond donors (Lipinski definition) is 3. The Labute approximate surface area is 148 Å². The number of H-pyrrole nitrogens is 3. The molecule has 0 bridgehead atoms. The van der Waals surface area contributed by atoms with Crippen LogP contribution in [0.4, 0.5) is 0 Å². The van der Waals surface area contributed by atoms with E-state index in [0.717, 1.165) is 5.39 Å². The van der Waals surface area contributed by atoms with E-state index in [1.54, 1.807) is 38.3 Å². The van der Waals surface area contributed by atoms with Crippen molar-refractivity contribution in [3.8, 4) is 5.75 Å². The van der Waals surface area contributed by atoms with Gasteiger partial charge < -0.3 is 19.6 Å². The van der Waals surface area contributed by atoms with Gasteiger partial charge in [-0.25, -0.2) is 0 Å². The van der Waals surface area contributed by atoms with Crippen molar-refractivity contribution in [3.63, 3.8) is 0 Å².